The van der Waals surface area contributed by atoms with Crippen LogP contribution in [0, 0.1) is 13.8 Å². The second kappa shape index (κ2) is 6.37. The van der Waals surface area contributed by atoms with Crippen molar-refractivity contribution in [3.05, 3.63) is 41.9 Å². The van der Waals surface area contributed by atoms with Gasteiger partial charge in [-0.2, -0.15) is 5.10 Å². The Balaban J connectivity index is 1.68. The largest absolute Gasteiger partial charge is 0.325 e. The zero-order valence-electron chi connectivity index (χ0n) is 13.2. The van der Waals surface area contributed by atoms with Crippen molar-refractivity contribution in [3.63, 3.8) is 0 Å². The Bertz CT molecular complexity index is 874. The second-order valence-electron chi connectivity index (χ2n) is 5.34. The number of nitrogens with one attached hydrogen (secondary N) is 1. The van der Waals surface area contributed by atoms with Crippen LogP contribution in [0.5, 0.6) is 0 Å². The molecule has 0 atom stereocenters. The molecule has 2 heterocycles. The van der Waals surface area contributed by atoms with E-state index in [1.54, 1.807) is 10.9 Å². The van der Waals surface area contributed by atoms with Crippen LogP contribution < -0.4 is 5.32 Å². The molecule has 0 saturated heterocycles. The van der Waals surface area contributed by atoms with Gasteiger partial charge in [0.25, 0.3) is 0 Å². The highest BCUT2D eigenvalue weighted by atomic mass is 32.2. The predicted molar refractivity (Wildman–Crippen MR) is 91.6 cm³/mol. The third-order valence-electron chi connectivity index (χ3n) is 3.49. The topological polar surface area (TPSA) is 72.7 Å². The molecule has 1 aromatic carbocycles. The van der Waals surface area contributed by atoms with Gasteiger partial charge in [0, 0.05) is 12.7 Å². The van der Waals surface area contributed by atoms with Gasteiger partial charge in [0.15, 0.2) is 5.65 Å². The maximum Gasteiger partial charge on any atom is 0.234 e. The number of hydrogen-bond donors (Lipinski definition) is 1. The number of fused-ring (bicyclic) bond motifs is 1. The van der Waals surface area contributed by atoms with Gasteiger partial charge in [-0.25, -0.2) is 9.97 Å². The molecule has 3 rings (SSSR count). The van der Waals surface area contributed by atoms with Gasteiger partial charge in [0.05, 0.1) is 17.3 Å². The van der Waals surface area contributed by atoms with E-state index in [0.717, 1.165) is 27.3 Å². The predicted octanol–water partition coefficient (Wildman–Crippen LogP) is 2.71. The Kier molecular flexibility index (Phi) is 4.29. The SMILES string of the molecule is Cc1ccc(NC(=O)CSc2ncnc3c2cnn3C)c(C)c1. The molecule has 7 heteroatoms. The maximum absolute atomic E-state index is 12.2. The van der Waals surface area contributed by atoms with Crippen molar-refractivity contribution in [2.75, 3.05) is 11.1 Å². The second-order valence-corrected chi connectivity index (χ2v) is 6.30. The van der Waals surface area contributed by atoms with Crippen molar-refractivity contribution in [1.82, 2.24) is 19.7 Å². The van der Waals surface area contributed by atoms with Gasteiger partial charge in [0.2, 0.25) is 5.91 Å². The zero-order chi connectivity index (χ0) is 16.4. The highest BCUT2D eigenvalue weighted by Gasteiger charge is 2.11. The van der Waals surface area contributed by atoms with E-state index < -0.39 is 0 Å². The number of aromatic nitrogens is 4. The number of amides is 1. The molecule has 0 fully saturated rings. The average Bonchev–Trinajstić information content (AvgIpc) is 2.90. The van der Waals surface area contributed by atoms with Crippen LogP contribution in [0.2, 0.25) is 0 Å². The first-order chi connectivity index (χ1) is 11.0. The number of thioether (sulfide) groups is 1. The summed E-state index contributed by atoms with van der Waals surface area (Å²) in [6.07, 6.45) is 3.22. The number of benzene rings is 1. The van der Waals surface area contributed by atoms with E-state index in [4.69, 9.17) is 0 Å². The fraction of sp³-hybridized carbons (Fsp3) is 0.250. The first-order valence-corrected chi connectivity index (χ1v) is 8.16. The molecule has 0 spiro atoms. The number of nitrogens with zero attached hydrogens (tertiary/aromatic N) is 4. The summed E-state index contributed by atoms with van der Waals surface area (Å²) >= 11 is 1.38. The highest BCUT2D eigenvalue weighted by Crippen LogP contribution is 2.24. The van der Waals surface area contributed by atoms with Crippen LogP contribution in [0.15, 0.2) is 35.7 Å². The Morgan fingerprint density at radius 1 is 1.30 bits per heavy atom. The van der Waals surface area contributed by atoms with Gasteiger partial charge in [-0.3, -0.25) is 9.48 Å². The van der Waals surface area contributed by atoms with E-state index in [2.05, 4.69) is 20.4 Å². The molecule has 0 saturated carbocycles. The summed E-state index contributed by atoms with van der Waals surface area (Å²) in [5.41, 5.74) is 3.84. The molecule has 0 bridgehead atoms. The number of rotatable bonds is 4. The van der Waals surface area contributed by atoms with Crippen molar-refractivity contribution in [1.29, 1.82) is 0 Å². The molecular weight excluding hydrogens is 310 g/mol. The average molecular weight is 327 g/mol. The molecule has 0 radical (unpaired) electrons. The van der Waals surface area contributed by atoms with Crippen molar-refractivity contribution >= 4 is 34.4 Å². The number of aryl methyl sites for hydroxylation is 3. The summed E-state index contributed by atoms with van der Waals surface area (Å²) in [5, 5.41) is 8.73. The van der Waals surface area contributed by atoms with Crippen molar-refractivity contribution in [3.8, 4) is 0 Å². The fourth-order valence-electron chi connectivity index (χ4n) is 2.33. The van der Waals surface area contributed by atoms with Crippen LogP contribution in [-0.2, 0) is 11.8 Å². The Hall–Kier alpha value is -2.41. The third kappa shape index (κ3) is 3.34. The molecule has 0 aliphatic heterocycles. The zero-order valence-corrected chi connectivity index (χ0v) is 14.0. The molecule has 0 aliphatic rings. The molecule has 0 aliphatic carbocycles. The lowest BCUT2D eigenvalue weighted by Crippen LogP contribution is -2.15. The lowest BCUT2D eigenvalue weighted by atomic mass is 10.1. The van der Waals surface area contributed by atoms with Crippen molar-refractivity contribution in [2.24, 2.45) is 7.05 Å². The molecule has 2 aromatic heterocycles. The van der Waals surface area contributed by atoms with Crippen LogP contribution in [0.25, 0.3) is 11.0 Å². The van der Waals surface area contributed by atoms with Crippen LogP contribution >= 0.6 is 11.8 Å². The number of carbonyl (C=O) groups excluding carboxylic acids is 1. The summed E-state index contributed by atoms with van der Waals surface area (Å²) in [4.78, 5) is 20.6. The summed E-state index contributed by atoms with van der Waals surface area (Å²) in [6.45, 7) is 4.02. The summed E-state index contributed by atoms with van der Waals surface area (Å²) in [6, 6.07) is 5.96. The summed E-state index contributed by atoms with van der Waals surface area (Å²) in [7, 11) is 1.83. The number of hydrogen-bond acceptors (Lipinski definition) is 5. The van der Waals surface area contributed by atoms with Gasteiger partial charge in [-0.1, -0.05) is 29.5 Å². The lowest BCUT2D eigenvalue weighted by Gasteiger charge is -2.09. The van der Waals surface area contributed by atoms with Gasteiger partial charge < -0.3 is 5.32 Å². The number of carbonyl (C=O) groups is 1. The molecule has 0 unspecified atom stereocenters. The minimum Gasteiger partial charge on any atom is -0.325 e. The van der Waals surface area contributed by atoms with Gasteiger partial charge in [-0.05, 0) is 25.5 Å². The standard InChI is InChI=1S/C16H17N5OS/c1-10-4-5-13(11(2)6-10)20-14(22)8-23-16-12-7-19-21(3)15(12)17-9-18-16/h4-7,9H,8H2,1-3H3,(H,20,22). The first-order valence-electron chi connectivity index (χ1n) is 7.17. The van der Waals surface area contributed by atoms with E-state index in [9.17, 15) is 4.79 Å². The Morgan fingerprint density at radius 3 is 2.91 bits per heavy atom. The van der Waals surface area contributed by atoms with Crippen LogP contribution in [0.4, 0.5) is 5.69 Å². The maximum atomic E-state index is 12.2. The molecule has 3 aromatic rings. The Labute approximate surface area is 138 Å². The fourth-order valence-corrected chi connectivity index (χ4v) is 3.09. The third-order valence-corrected chi connectivity index (χ3v) is 4.49. The molecule has 118 valence electrons. The minimum atomic E-state index is -0.0578. The van der Waals surface area contributed by atoms with E-state index >= 15 is 0 Å². The molecule has 23 heavy (non-hydrogen) atoms. The van der Waals surface area contributed by atoms with Crippen LogP contribution in [0.3, 0.4) is 0 Å². The monoisotopic (exact) mass is 327 g/mol. The van der Waals surface area contributed by atoms with Crippen LogP contribution in [0.1, 0.15) is 11.1 Å². The van der Waals surface area contributed by atoms with Gasteiger partial charge >= 0.3 is 0 Å². The van der Waals surface area contributed by atoms with E-state index in [1.807, 2.05) is 39.1 Å². The van der Waals surface area contributed by atoms with Gasteiger partial charge in [-0.15, -0.1) is 0 Å². The smallest absolute Gasteiger partial charge is 0.234 e. The Morgan fingerprint density at radius 2 is 2.13 bits per heavy atom. The van der Waals surface area contributed by atoms with E-state index in [0.29, 0.717) is 0 Å². The molecule has 1 amide bonds. The normalized spacial score (nSPS) is 10.9. The van der Waals surface area contributed by atoms with Gasteiger partial charge in [0.1, 0.15) is 11.4 Å². The van der Waals surface area contributed by atoms with Crippen molar-refractivity contribution in [2.45, 2.75) is 18.9 Å². The quantitative estimate of drug-likeness (QED) is 0.589. The molecule has 6 nitrogen and oxygen atoms in total. The number of anilines is 1. The van der Waals surface area contributed by atoms with Crippen LogP contribution in [-0.4, -0.2) is 31.4 Å². The van der Waals surface area contributed by atoms with E-state index in [1.165, 1.54) is 23.7 Å². The minimum absolute atomic E-state index is 0.0578. The van der Waals surface area contributed by atoms with Crippen molar-refractivity contribution < 1.29 is 4.79 Å². The highest BCUT2D eigenvalue weighted by molar-refractivity contribution is 8.00. The summed E-state index contributed by atoms with van der Waals surface area (Å²) < 4.78 is 1.69. The summed E-state index contributed by atoms with van der Waals surface area (Å²) in [5.74, 6) is 0.228. The lowest BCUT2D eigenvalue weighted by molar-refractivity contribution is -0.113. The van der Waals surface area contributed by atoms with E-state index in [-0.39, 0.29) is 11.7 Å². The molecular formula is C16H17N5OS. The molecule has 1 N–H and O–H groups in total. The first kappa shape index (κ1) is 15.5.